The summed E-state index contributed by atoms with van der Waals surface area (Å²) >= 11 is 0. The number of Topliss-reactive ketones (excluding diaryl/α,β-unsaturated/α-hetero) is 2. The first-order valence-corrected chi connectivity index (χ1v) is 10.6. The third-order valence-electron chi connectivity index (χ3n) is 6.94. The molecule has 0 spiro atoms. The van der Waals surface area contributed by atoms with Gasteiger partial charge in [-0.3, -0.25) is 9.59 Å². The van der Waals surface area contributed by atoms with Crippen molar-refractivity contribution in [2.45, 2.75) is 90.9 Å². The van der Waals surface area contributed by atoms with Crippen LogP contribution in [0.2, 0.25) is 0 Å². The first kappa shape index (κ1) is 20.3. The van der Waals surface area contributed by atoms with Gasteiger partial charge in [0.25, 0.3) is 0 Å². The van der Waals surface area contributed by atoms with E-state index in [1.165, 1.54) is 19.1 Å². The summed E-state index contributed by atoms with van der Waals surface area (Å²) in [6, 6.07) is 0. The van der Waals surface area contributed by atoms with Gasteiger partial charge in [0.2, 0.25) is 0 Å². The van der Waals surface area contributed by atoms with Crippen LogP contribution in [0.15, 0.2) is 0 Å². The quantitative estimate of drug-likeness (QED) is 0.541. The molecule has 2 rings (SSSR count). The molecule has 0 radical (unpaired) electrons. The van der Waals surface area contributed by atoms with Crippen molar-refractivity contribution in [1.82, 2.24) is 0 Å². The van der Waals surface area contributed by atoms with E-state index in [2.05, 4.69) is 0 Å². The van der Waals surface area contributed by atoms with Crippen molar-refractivity contribution < 1.29 is 14.4 Å². The minimum atomic E-state index is 0.191. The molecule has 0 aliphatic heterocycles. The van der Waals surface area contributed by atoms with Crippen LogP contribution in [0.1, 0.15) is 90.9 Å². The maximum atomic E-state index is 11.9. The Bertz CT molecular complexity index is 440. The predicted octanol–water partition coefficient (Wildman–Crippen LogP) is 5.15. The average Bonchev–Trinajstić information content (AvgIpc) is 2.67. The fourth-order valence-corrected chi connectivity index (χ4v) is 5.13. The smallest absolute Gasteiger partial charge is 0.135 e. The van der Waals surface area contributed by atoms with E-state index in [4.69, 9.17) is 0 Å². The Morgan fingerprint density at radius 1 is 0.880 bits per heavy atom. The first-order valence-electron chi connectivity index (χ1n) is 10.6. The second kappa shape index (κ2) is 10.2. The molecule has 25 heavy (non-hydrogen) atoms. The third kappa shape index (κ3) is 5.76. The fraction of sp³-hybridized carbons (Fsp3) is 0.864. The van der Waals surface area contributed by atoms with Gasteiger partial charge in [-0.2, -0.15) is 0 Å². The second-order valence-electron chi connectivity index (χ2n) is 8.36. The second-order valence-corrected chi connectivity index (χ2v) is 8.36. The van der Waals surface area contributed by atoms with E-state index in [0.29, 0.717) is 42.2 Å². The number of carbonyl (C=O) groups is 3. The molecule has 2 fully saturated rings. The number of hydrogen-bond acceptors (Lipinski definition) is 3. The molecule has 0 aromatic heterocycles. The van der Waals surface area contributed by atoms with Crippen molar-refractivity contribution >= 4 is 17.9 Å². The van der Waals surface area contributed by atoms with E-state index in [1.807, 2.05) is 13.8 Å². The summed E-state index contributed by atoms with van der Waals surface area (Å²) in [7, 11) is 0. The summed E-state index contributed by atoms with van der Waals surface area (Å²) in [4.78, 5) is 35.2. The summed E-state index contributed by atoms with van der Waals surface area (Å²) in [5.41, 5.74) is 0. The van der Waals surface area contributed by atoms with Crippen molar-refractivity contribution in [1.29, 1.82) is 0 Å². The minimum Gasteiger partial charge on any atom is -0.303 e. The highest BCUT2D eigenvalue weighted by Gasteiger charge is 2.35. The van der Waals surface area contributed by atoms with Crippen LogP contribution >= 0.6 is 0 Å². The van der Waals surface area contributed by atoms with E-state index in [0.717, 1.165) is 51.4 Å². The maximum absolute atomic E-state index is 11.9. The van der Waals surface area contributed by atoms with E-state index in [1.54, 1.807) is 0 Å². The van der Waals surface area contributed by atoms with E-state index >= 15 is 0 Å². The van der Waals surface area contributed by atoms with Crippen LogP contribution in [-0.2, 0) is 14.4 Å². The molecule has 3 nitrogen and oxygen atoms in total. The van der Waals surface area contributed by atoms with Gasteiger partial charge in [0.15, 0.2) is 0 Å². The average molecular weight is 349 g/mol. The van der Waals surface area contributed by atoms with E-state index in [-0.39, 0.29) is 11.8 Å². The van der Waals surface area contributed by atoms with Gasteiger partial charge in [-0.25, -0.2) is 0 Å². The van der Waals surface area contributed by atoms with Crippen LogP contribution < -0.4 is 0 Å². The molecule has 0 aromatic carbocycles. The van der Waals surface area contributed by atoms with E-state index in [9.17, 15) is 14.4 Å². The molecule has 142 valence electrons. The van der Waals surface area contributed by atoms with Crippen molar-refractivity contribution in [2.24, 2.45) is 29.6 Å². The normalized spacial score (nSPS) is 31.3. The van der Waals surface area contributed by atoms with Gasteiger partial charge in [0.05, 0.1) is 0 Å². The highest BCUT2D eigenvalue weighted by molar-refractivity contribution is 5.80. The largest absolute Gasteiger partial charge is 0.303 e. The predicted molar refractivity (Wildman–Crippen MR) is 100 cm³/mol. The van der Waals surface area contributed by atoms with Crippen LogP contribution in [0, 0.1) is 29.6 Å². The monoisotopic (exact) mass is 348 g/mol. The molecule has 0 aromatic rings. The number of ketones is 2. The summed E-state index contributed by atoms with van der Waals surface area (Å²) in [6.07, 6.45) is 13.0. The molecule has 2 aliphatic rings. The molecule has 1 unspecified atom stereocenters. The lowest BCUT2D eigenvalue weighted by Gasteiger charge is -2.38. The molecule has 0 N–H and O–H groups in total. The molecule has 2 saturated carbocycles. The van der Waals surface area contributed by atoms with Crippen molar-refractivity contribution in [3.63, 3.8) is 0 Å². The van der Waals surface area contributed by atoms with Gasteiger partial charge in [-0.1, -0.05) is 26.7 Å². The Morgan fingerprint density at radius 2 is 1.44 bits per heavy atom. The standard InChI is InChI=1S/C22H36O3/c1-3-20(24)14-7-16-5-8-17(9-6-16)21(15-23)18-10-12-19(13-11-18)22(25)4-2/h15-19,21H,3-14H2,1-2H3. The minimum absolute atomic E-state index is 0.191. The van der Waals surface area contributed by atoms with Gasteiger partial charge in [0.1, 0.15) is 17.9 Å². The zero-order valence-electron chi connectivity index (χ0n) is 16.2. The lowest BCUT2D eigenvalue weighted by molar-refractivity contribution is -0.124. The van der Waals surface area contributed by atoms with Gasteiger partial charge in [-0.15, -0.1) is 0 Å². The summed E-state index contributed by atoms with van der Waals surface area (Å²) in [6.45, 7) is 3.89. The van der Waals surface area contributed by atoms with Crippen molar-refractivity contribution in [3.05, 3.63) is 0 Å². The fourth-order valence-electron chi connectivity index (χ4n) is 5.13. The molecule has 0 bridgehead atoms. The number of aldehydes is 1. The van der Waals surface area contributed by atoms with Crippen molar-refractivity contribution in [3.8, 4) is 0 Å². The van der Waals surface area contributed by atoms with Gasteiger partial charge in [0, 0.05) is 31.1 Å². The zero-order valence-corrected chi connectivity index (χ0v) is 16.2. The highest BCUT2D eigenvalue weighted by Crippen LogP contribution is 2.42. The number of rotatable bonds is 9. The number of hydrogen-bond donors (Lipinski definition) is 0. The van der Waals surface area contributed by atoms with Crippen LogP contribution in [0.5, 0.6) is 0 Å². The molecule has 3 heteroatoms. The Kier molecular flexibility index (Phi) is 8.32. The molecule has 0 amide bonds. The molecule has 2 aliphatic carbocycles. The SMILES string of the molecule is CCC(=O)CCC1CCC(C(C=O)C2CCC(C(=O)CC)CC2)CC1. The van der Waals surface area contributed by atoms with E-state index < -0.39 is 0 Å². The number of carbonyl (C=O) groups excluding carboxylic acids is 3. The van der Waals surface area contributed by atoms with Gasteiger partial charge in [-0.05, 0) is 62.7 Å². The third-order valence-corrected chi connectivity index (χ3v) is 6.94. The van der Waals surface area contributed by atoms with Crippen LogP contribution in [0.25, 0.3) is 0 Å². The summed E-state index contributed by atoms with van der Waals surface area (Å²) < 4.78 is 0. The lowest BCUT2D eigenvalue weighted by Crippen LogP contribution is -2.32. The molecular formula is C22H36O3. The molecule has 0 heterocycles. The Morgan fingerprint density at radius 3 is 1.92 bits per heavy atom. The van der Waals surface area contributed by atoms with Gasteiger partial charge < -0.3 is 4.79 Å². The summed E-state index contributed by atoms with van der Waals surface area (Å²) in [5, 5.41) is 0. The van der Waals surface area contributed by atoms with Crippen LogP contribution in [-0.4, -0.2) is 17.9 Å². The molecule has 0 saturated heterocycles. The van der Waals surface area contributed by atoms with Gasteiger partial charge >= 0.3 is 0 Å². The molecule has 1 atom stereocenters. The molecular weight excluding hydrogens is 312 g/mol. The van der Waals surface area contributed by atoms with Crippen LogP contribution in [0.4, 0.5) is 0 Å². The van der Waals surface area contributed by atoms with Crippen LogP contribution in [0.3, 0.4) is 0 Å². The Labute approximate surface area is 153 Å². The van der Waals surface area contributed by atoms with Crippen molar-refractivity contribution in [2.75, 3.05) is 0 Å². The maximum Gasteiger partial charge on any atom is 0.135 e. The zero-order chi connectivity index (χ0) is 18.2. The summed E-state index contributed by atoms with van der Waals surface area (Å²) in [5.74, 6) is 2.92. The first-order chi connectivity index (χ1) is 12.1. The topological polar surface area (TPSA) is 51.2 Å². The lowest BCUT2D eigenvalue weighted by atomic mass is 9.66. The Balaban J connectivity index is 1.78. The Hall–Kier alpha value is -0.990. The highest BCUT2D eigenvalue weighted by atomic mass is 16.1.